The first-order chi connectivity index (χ1) is 8.59. The van der Waals surface area contributed by atoms with E-state index in [1.54, 1.807) is 12.1 Å². The number of carboxylic acids is 1. The van der Waals surface area contributed by atoms with Crippen LogP contribution in [0.2, 0.25) is 0 Å². The molecule has 0 bridgehead atoms. The van der Waals surface area contributed by atoms with E-state index in [0.29, 0.717) is 5.92 Å². The molecule has 0 unspecified atom stereocenters. The Morgan fingerprint density at radius 3 is 2.39 bits per heavy atom. The zero-order valence-electron chi connectivity index (χ0n) is 9.99. The second-order valence-electron chi connectivity index (χ2n) is 4.71. The molecular weight excluding hydrogens is 343 g/mol. The van der Waals surface area contributed by atoms with Crippen molar-refractivity contribution in [1.29, 1.82) is 0 Å². The van der Waals surface area contributed by atoms with E-state index in [4.69, 9.17) is 5.11 Å². The Hall–Kier alpha value is -0.910. The number of Topliss-reactive ketones (excluding diaryl/α,β-unsaturated/α-hetero) is 1. The minimum atomic E-state index is -1.39. The molecule has 1 N–H and O–H groups in total. The van der Waals surface area contributed by atoms with Crippen molar-refractivity contribution in [3.63, 3.8) is 0 Å². The number of ketones is 1. The number of carbonyl (C=O) groups is 2. The van der Waals surface area contributed by atoms with E-state index in [-0.39, 0.29) is 5.56 Å². The maximum absolute atomic E-state index is 11.4. The van der Waals surface area contributed by atoms with E-state index in [1.165, 1.54) is 37.7 Å². The van der Waals surface area contributed by atoms with E-state index in [0.717, 1.165) is 3.57 Å². The Labute approximate surface area is 120 Å². The van der Waals surface area contributed by atoms with E-state index >= 15 is 0 Å². The average Bonchev–Trinajstić information content (AvgIpc) is 2.38. The number of hydrogen-bond donors (Lipinski definition) is 1. The Bertz CT molecular complexity index is 476. The number of halogens is 1. The maximum Gasteiger partial charge on any atom is 0.377 e. The molecule has 0 radical (unpaired) electrons. The number of rotatable bonds is 3. The van der Waals surface area contributed by atoms with E-state index in [2.05, 4.69) is 22.6 Å². The lowest BCUT2D eigenvalue weighted by atomic mass is 9.84. The third-order valence-corrected chi connectivity index (χ3v) is 4.44. The van der Waals surface area contributed by atoms with Crippen LogP contribution in [0.3, 0.4) is 0 Å². The van der Waals surface area contributed by atoms with Gasteiger partial charge in [0.2, 0.25) is 0 Å². The number of hydrogen-bond acceptors (Lipinski definition) is 2. The number of aliphatic carboxylic acids is 1. The summed E-state index contributed by atoms with van der Waals surface area (Å²) in [5.74, 6) is -1.65. The van der Waals surface area contributed by atoms with Crippen molar-refractivity contribution in [2.45, 2.75) is 38.0 Å². The summed E-state index contributed by atoms with van der Waals surface area (Å²) in [6.45, 7) is 0. The van der Waals surface area contributed by atoms with Crippen molar-refractivity contribution in [2.75, 3.05) is 0 Å². The monoisotopic (exact) mass is 358 g/mol. The predicted octanol–water partition coefficient (Wildman–Crippen LogP) is 3.61. The molecule has 0 atom stereocenters. The lowest BCUT2D eigenvalue weighted by Gasteiger charge is -2.23. The highest BCUT2D eigenvalue weighted by molar-refractivity contribution is 14.1. The summed E-state index contributed by atoms with van der Waals surface area (Å²) in [6.07, 6.45) is 6.22. The second-order valence-corrected chi connectivity index (χ2v) is 5.87. The molecule has 1 aromatic carbocycles. The molecule has 18 heavy (non-hydrogen) atoms. The van der Waals surface area contributed by atoms with Crippen molar-refractivity contribution in [3.8, 4) is 0 Å². The molecule has 0 aromatic heterocycles. The van der Waals surface area contributed by atoms with Gasteiger partial charge in [-0.05, 0) is 53.0 Å². The highest BCUT2D eigenvalue weighted by Gasteiger charge is 2.20. The zero-order valence-corrected chi connectivity index (χ0v) is 12.1. The van der Waals surface area contributed by atoms with Gasteiger partial charge in [-0.1, -0.05) is 31.4 Å². The summed E-state index contributed by atoms with van der Waals surface area (Å²) in [4.78, 5) is 22.0. The van der Waals surface area contributed by atoms with E-state index < -0.39 is 11.8 Å². The molecule has 1 saturated carbocycles. The molecule has 0 aliphatic heterocycles. The largest absolute Gasteiger partial charge is 0.475 e. The summed E-state index contributed by atoms with van der Waals surface area (Å²) < 4.78 is 1.01. The molecule has 1 aliphatic carbocycles. The molecule has 0 saturated heterocycles. The first-order valence-electron chi connectivity index (χ1n) is 6.16. The highest BCUT2D eigenvalue weighted by atomic mass is 127. The van der Waals surface area contributed by atoms with E-state index in [1.807, 2.05) is 6.07 Å². The summed E-state index contributed by atoms with van der Waals surface area (Å²) in [6, 6.07) is 5.26. The molecule has 96 valence electrons. The third-order valence-electron chi connectivity index (χ3n) is 3.50. The highest BCUT2D eigenvalue weighted by Crippen LogP contribution is 2.35. The van der Waals surface area contributed by atoms with Gasteiger partial charge in [0.05, 0.1) is 0 Å². The SMILES string of the molecule is O=C(O)C(=O)c1ccc(C2CCCCC2)c(I)c1. The Morgan fingerprint density at radius 2 is 1.83 bits per heavy atom. The number of carboxylic acid groups (broad SMARTS) is 1. The van der Waals surface area contributed by atoms with Crippen LogP contribution in [0.4, 0.5) is 0 Å². The van der Waals surface area contributed by atoms with Crippen LogP contribution in [0.5, 0.6) is 0 Å². The summed E-state index contributed by atoms with van der Waals surface area (Å²) in [5, 5.41) is 8.69. The van der Waals surface area contributed by atoms with Crippen LogP contribution < -0.4 is 0 Å². The fourth-order valence-corrected chi connectivity index (χ4v) is 3.49. The van der Waals surface area contributed by atoms with Gasteiger partial charge in [-0.2, -0.15) is 0 Å². The van der Waals surface area contributed by atoms with Crippen LogP contribution in [-0.4, -0.2) is 16.9 Å². The second kappa shape index (κ2) is 5.82. The predicted molar refractivity (Wildman–Crippen MR) is 77.0 cm³/mol. The molecule has 0 spiro atoms. The van der Waals surface area contributed by atoms with Gasteiger partial charge in [0.1, 0.15) is 0 Å². The van der Waals surface area contributed by atoms with Crippen LogP contribution in [0.15, 0.2) is 18.2 Å². The Kier molecular flexibility index (Phi) is 4.37. The lowest BCUT2D eigenvalue weighted by molar-refractivity contribution is -0.131. The molecule has 0 amide bonds. The Balaban J connectivity index is 2.24. The number of carbonyl (C=O) groups excluding carboxylic acids is 1. The average molecular weight is 358 g/mol. The molecule has 1 aromatic rings. The van der Waals surface area contributed by atoms with Gasteiger partial charge in [0, 0.05) is 9.13 Å². The van der Waals surface area contributed by atoms with Crippen molar-refractivity contribution >= 4 is 34.3 Å². The zero-order chi connectivity index (χ0) is 13.1. The van der Waals surface area contributed by atoms with Gasteiger partial charge in [0.15, 0.2) is 0 Å². The number of benzene rings is 1. The van der Waals surface area contributed by atoms with Crippen LogP contribution in [-0.2, 0) is 4.79 Å². The van der Waals surface area contributed by atoms with Gasteiger partial charge >= 0.3 is 5.97 Å². The molecule has 0 heterocycles. The summed E-state index contributed by atoms with van der Waals surface area (Å²) in [5.41, 5.74) is 1.53. The Morgan fingerprint density at radius 1 is 1.17 bits per heavy atom. The van der Waals surface area contributed by atoms with Crippen LogP contribution in [0, 0.1) is 3.57 Å². The smallest absolute Gasteiger partial charge is 0.377 e. The molecule has 3 nitrogen and oxygen atoms in total. The molecule has 4 heteroatoms. The third kappa shape index (κ3) is 2.91. The van der Waals surface area contributed by atoms with E-state index in [9.17, 15) is 9.59 Å². The fourth-order valence-electron chi connectivity index (χ4n) is 2.54. The van der Waals surface area contributed by atoms with Gasteiger partial charge in [-0.15, -0.1) is 0 Å². The van der Waals surface area contributed by atoms with Gasteiger partial charge in [-0.3, -0.25) is 4.79 Å². The fraction of sp³-hybridized carbons (Fsp3) is 0.429. The molecule has 1 fully saturated rings. The summed E-state index contributed by atoms with van der Waals surface area (Å²) in [7, 11) is 0. The minimum Gasteiger partial charge on any atom is -0.475 e. The van der Waals surface area contributed by atoms with Gasteiger partial charge in [0.25, 0.3) is 5.78 Å². The molecular formula is C14H15IO3. The van der Waals surface area contributed by atoms with Crippen LogP contribution >= 0.6 is 22.6 Å². The van der Waals surface area contributed by atoms with Crippen LogP contribution in [0.1, 0.15) is 53.9 Å². The van der Waals surface area contributed by atoms with Crippen molar-refractivity contribution < 1.29 is 14.7 Å². The van der Waals surface area contributed by atoms with Crippen molar-refractivity contribution in [1.82, 2.24) is 0 Å². The van der Waals surface area contributed by atoms with Gasteiger partial charge < -0.3 is 5.11 Å². The quantitative estimate of drug-likeness (QED) is 0.510. The topological polar surface area (TPSA) is 54.4 Å². The molecule has 2 rings (SSSR count). The van der Waals surface area contributed by atoms with Crippen molar-refractivity contribution in [2.24, 2.45) is 0 Å². The minimum absolute atomic E-state index is 0.270. The lowest BCUT2D eigenvalue weighted by Crippen LogP contribution is -2.14. The normalized spacial score (nSPS) is 16.5. The standard InChI is InChI=1S/C14H15IO3/c15-12-8-10(13(16)14(17)18)6-7-11(12)9-4-2-1-3-5-9/h6-9H,1-5H2,(H,17,18). The maximum atomic E-state index is 11.4. The van der Waals surface area contributed by atoms with Crippen molar-refractivity contribution in [3.05, 3.63) is 32.9 Å². The van der Waals surface area contributed by atoms with Crippen LogP contribution in [0.25, 0.3) is 0 Å². The van der Waals surface area contributed by atoms with Gasteiger partial charge in [-0.25, -0.2) is 4.79 Å². The first kappa shape index (κ1) is 13.5. The summed E-state index contributed by atoms with van der Waals surface area (Å²) >= 11 is 2.20. The first-order valence-corrected chi connectivity index (χ1v) is 7.24. The molecule has 1 aliphatic rings.